The number of ether oxygens (including phenoxy) is 1. The minimum Gasteiger partial charge on any atom is -0.377 e. The summed E-state index contributed by atoms with van der Waals surface area (Å²) in [6.45, 7) is 10.4. The molecule has 0 spiro atoms. The first-order chi connectivity index (χ1) is 5.70. The van der Waals surface area contributed by atoms with Crippen LogP contribution in [0.2, 0.25) is 0 Å². The van der Waals surface area contributed by atoms with Gasteiger partial charge in [-0.3, -0.25) is 0 Å². The van der Waals surface area contributed by atoms with Crippen LogP contribution in [0.15, 0.2) is 0 Å². The second-order valence-corrected chi connectivity index (χ2v) is 3.36. The molecule has 1 N–H and O–H groups in total. The largest absolute Gasteiger partial charge is 0.377 e. The molecular weight excluding hydrogens is 150 g/mol. The van der Waals surface area contributed by atoms with Crippen molar-refractivity contribution in [2.45, 2.75) is 52.7 Å². The van der Waals surface area contributed by atoms with Crippen molar-refractivity contribution in [3.05, 3.63) is 0 Å². The van der Waals surface area contributed by atoms with E-state index in [1.165, 1.54) is 12.8 Å². The number of rotatable bonds is 7. The molecule has 0 saturated heterocycles. The van der Waals surface area contributed by atoms with Gasteiger partial charge in [0.15, 0.2) is 0 Å². The summed E-state index contributed by atoms with van der Waals surface area (Å²) < 4.78 is 5.41. The van der Waals surface area contributed by atoms with Crippen LogP contribution in [-0.2, 0) is 4.74 Å². The fourth-order valence-corrected chi connectivity index (χ4v) is 1.25. The molecule has 0 aromatic rings. The zero-order chi connectivity index (χ0) is 9.40. The van der Waals surface area contributed by atoms with E-state index < -0.39 is 0 Å². The van der Waals surface area contributed by atoms with Crippen LogP contribution in [0, 0.1) is 0 Å². The molecule has 0 aliphatic carbocycles. The highest BCUT2D eigenvalue weighted by Gasteiger charge is 2.03. The van der Waals surface area contributed by atoms with Gasteiger partial charge in [0.2, 0.25) is 0 Å². The predicted octanol–water partition coefficient (Wildman–Crippen LogP) is 2.19. The molecule has 0 aliphatic rings. The molecule has 12 heavy (non-hydrogen) atoms. The van der Waals surface area contributed by atoms with Crippen LogP contribution in [-0.4, -0.2) is 25.3 Å². The van der Waals surface area contributed by atoms with Gasteiger partial charge >= 0.3 is 0 Å². The molecule has 0 rings (SSSR count). The Morgan fingerprint density at radius 2 is 1.92 bits per heavy atom. The van der Waals surface area contributed by atoms with Crippen LogP contribution < -0.4 is 5.32 Å². The van der Waals surface area contributed by atoms with Crippen LogP contribution >= 0.6 is 0 Å². The number of hydrogen-bond acceptors (Lipinski definition) is 2. The maximum atomic E-state index is 5.41. The molecule has 0 fully saturated rings. The molecule has 2 nitrogen and oxygen atoms in total. The Morgan fingerprint density at radius 1 is 1.25 bits per heavy atom. The summed E-state index contributed by atoms with van der Waals surface area (Å²) in [5.74, 6) is 0. The van der Waals surface area contributed by atoms with Crippen LogP contribution in [0.1, 0.15) is 40.5 Å². The first kappa shape index (κ1) is 11.9. The minimum absolute atomic E-state index is 0.342. The van der Waals surface area contributed by atoms with Crippen molar-refractivity contribution in [1.29, 1.82) is 0 Å². The average molecular weight is 173 g/mol. The van der Waals surface area contributed by atoms with Crippen molar-refractivity contribution in [1.82, 2.24) is 5.32 Å². The monoisotopic (exact) mass is 173 g/mol. The van der Waals surface area contributed by atoms with E-state index in [1.54, 1.807) is 0 Å². The molecule has 0 radical (unpaired) electrons. The van der Waals surface area contributed by atoms with Gasteiger partial charge in [0, 0.05) is 19.2 Å². The van der Waals surface area contributed by atoms with E-state index in [-0.39, 0.29) is 0 Å². The highest BCUT2D eigenvalue weighted by molar-refractivity contribution is 4.62. The van der Waals surface area contributed by atoms with Gasteiger partial charge in [0.05, 0.1) is 6.10 Å². The summed E-state index contributed by atoms with van der Waals surface area (Å²) in [5, 5.41) is 3.44. The highest BCUT2D eigenvalue weighted by atomic mass is 16.5. The van der Waals surface area contributed by atoms with Crippen molar-refractivity contribution in [2.24, 2.45) is 0 Å². The lowest BCUT2D eigenvalue weighted by atomic mass is 10.2. The standard InChI is InChI=1S/C10H23NO/c1-5-7-9(3)11-8-10(4)12-6-2/h9-11H,5-8H2,1-4H3. The Labute approximate surface area is 76.7 Å². The van der Waals surface area contributed by atoms with Crippen molar-refractivity contribution in [3.8, 4) is 0 Å². The van der Waals surface area contributed by atoms with Crippen molar-refractivity contribution >= 4 is 0 Å². The maximum Gasteiger partial charge on any atom is 0.0671 e. The summed E-state index contributed by atoms with van der Waals surface area (Å²) >= 11 is 0. The van der Waals surface area contributed by atoms with Gasteiger partial charge in [0.1, 0.15) is 0 Å². The Balaban J connectivity index is 3.27. The molecule has 0 amide bonds. The lowest BCUT2D eigenvalue weighted by molar-refractivity contribution is 0.0741. The fraction of sp³-hybridized carbons (Fsp3) is 1.00. The average Bonchev–Trinajstić information content (AvgIpc) is 2.02. The first-order valence-electron chi connectivity index (χ1n) is 5.05. The number of nitrogens with one attached hydrogen (secondary N) is 1. The van der Waals surface area contributed by atoms with Crippen LogP contribution in [0.4, 0.5) is 0 Å². The Bertz CT molecular complexity index is 83.8. The molecule has 0 saturated carbocycles. The van der Waals surface area contributed by atoms with Gasteiger partial charge in [-0.1, -0.05) is 13.3 Å². The third-order valence-electron chi connectivity index (χ3n) is 1.93. The van der Waals surface area contributed by atoms with Gasteiger partial charge in [-0.05, 0) is 27.2 Å². The third-order valence-corrected chi connectivity index (χ3v) is 1.93. The number of hydrogen-bond donors (Lipinski definition) is 1. The van der Waals surface area contributed by atoms with Crippen molar-refractivity contribution < 1.29 is 4.74 Å². The zero-order valence-electron chi connectivity index (χ0n) is 8.89. The molecule has 0 aromatic carbocycles. The quantitative estimate of drug-likeness (QED) is 0.637. The van der Waals surface area contributed by atoms with E-state index >= 15 is 0 Å². The van der Waals surface area contributed by atoms with Crippen LogP contribution in [0.5, 0.6) is 0 Å². The minimum atomic E-state index is 0.342. The van der Waals surface area contributed by atoms with Gasteiger partial charge in [-0.15, -0.1) is 0 Å². The zero-order valence-corrected chi connectivity index (χ0v) is 8.89. The Kier molecular flexibility index (Phi) is 7.51. The lowest BCUT2D eigenvalue weighted by Gasteiger charge is -2.16. The molecule has 0 aromatic heterocycles. The summed E-state index contributed by atoms with van der Waals surface area (Å²) in [4.78, 5) is 0. The first-order valence-corrected chi connectivity index (χ1v) is 5.05. The van der Waals surface area contributed by atoms with E-state index in [9.17, 15) is 0 Å². The van der Waals surface area contributed by atoms with E-state index in [1.807, 2.05) is 6.92 Å². The topological polar surface area (TPSA) is 21.3 Å². The Morgan fingerprint density at radius 3 is 2.42 bits per heavy atom. The van der Waals surface area contributed by atoms with Gasteiger partial charge < -0.3 is 10.1 Å². The van der Waals surface area contributed by atoms with E-state index in [0.29, 0.717) is 12.1 Å². The Hall–Kier alpha value is -0.0800. The SMILES string of the molecule is CCCC(C)NCC(C)OCC. The van der Waals surface area contributed by atoms with Crippen LogP contribution in [0.3, 0.4) is 0 Å². The molecule has 2 heteroatoms. The molecule has 0 bridgehead atoms. The predicted molar refractivity (Wildman–Crippen MR) is 53.5 cm³/mol. The van der Waals surface area contributed by atoms with E-state index in [2.05, 4.69) is 26.1 Å². The van der Waals surface area contributed by atoms with Gasteiger partial charge in [-0.2, -0.15) is 0 Å². The van der Waals surface area contributed by atoms with Crippen molar-refractivity contribution in [3.63, 3.8) is 0 Å². The highest BCUT2D eigenvalue weighted by Crippen LogP contribution is 1.95. The normalized spacial score (nSPS) is 16.0. The van der Waals surface area contributed by atoms with Gasteiger partial charge in [0.25, 0.3) is 0 Å². The fourth-order valence-electron chi connectivity index (χ4n) is 1.25. The second kappa shape index (κ2) is 7.56. The summed E-state index contributed by atoms with van der Waals surface area (Å²) in [6, 6.07) is 0.623. The van der Waals surface area contributed by atoms with Gasteiger partial charge in [-0.25, -0.2) is 0 Å². The molecule has 0 aliphatic heterocycles. The lowest BCUT2D eigenvalue weighted by Crippen LogP contribution is -2.33. The van der Waals surface area contributed by atoms with E-state index in [0.717, 1.165) is 13.2 Å². The maximum absolute atomic E-state index is 5.41. The molecule has 2 atom stereocenters. The molecule has 74 valence electrons. The molecular formula is C10H23NO. The second-order valence-electron chi connectivity index (χ2n) is 3.36. The molecule has 2 unspecified atom stereocenters. The van der Waals surface area contributed by atoms with Crippen molar-refractivity contribution in [2.75, 3.05) is 13.2 Å². The van der Waals surface area contributed by atoms with E-state index in [4.69, 9.17) is 4.74 Å². The third kappa shape index (κ3) is 6.62. The molecule has 0 heterocycles. The van der Waals surface area contributed by atoms with Crippen LogP contribution in [0.25, 0.3) is 0 Å². The summed E-state index contributed by atoms with van der Waals surface area (Å²) in [7, 11) is 0. The summed E-state index contributed by atoms with van der Waals surface area (Å²) in [6.07, 6.45) is 2.84. The smallest absolute Gasteiger partial charge is 0.0671 e. The summed E-state index contributed by atoms with van der Waals surface area (Å²) in [5.41, 5.74) is 0.